The smallest absolute Gasteiger partial charge is 0.303 e. The van der Waals surface area contributed by atoms with Crippen LogP contribution in [0.15, 0.2) is 28.7 Å². The molecule has 0 spiro atoms. The highest BCUT2D eigenvalue weighted by Crippen LogP contribution is 2.17. The number of hydrogen-bond acceptors (Lipinski definition) is 3. The van der Waals surface area contributed by atoms with Gasteiger partial charge in [0.05, 0.1) is 6.26 Å². The topological polar surface area (TPSA) is 71.4 Å². The highest BCUT2D eigenvalue weighted by atomic mass is 79.9. The van der Waals surface area contributed by atoms with Gasteiger partial charge in [-0.25, -0.2) is 8.42 Å². The predicted molar refractivity (Wildman–Crippen MR) is 75.4 cm³/mol. The van der Waals surface area contributed by atoms with E-state index in [0.717, 1.165) is 17.1 Å². The van der Waals surface area contributed by atoms with Crippen molar-refractivity contribution >= 4 is 41.6 Å². The minimum atomic E-state index is -3.19. The van der Waals surface area contributed by atoms with Crippen LogP contribution >= 0.6 is 26.6 Å². The van der Waals surface area contributed by atoms with Crippen molar-refractivity contribution in [2.24, 2.45) is 0 Å². The highest BCUT2D eigenvalue weighted by Gasteiger charge is 2.00. The fourth-order valence-corrected chi connectivity index (χ4v) is 1.61. The predicted octanol–water partition coefficient (Wildman–Crippen LogP) is 3.04. The minimum absolute atomic E-state index is 0.237. The van der Waals surface area contributed by atoms with Crippen molar-refractivity contribution in [1.29, 1.82) is 0 Å². The Morgan fingerprint density at radius 3 is 2.33 bits per heavy atom. The van der Waals surface area contributed by atoms with Gasteiger partial charge in [-0.2, -0.15) is 0 Å². The third-order valence-corrected chi connectivity index (χ3v) is 2.57. The number of aliphatic carboxylic acids is 1. The molecule has 0 saturated carbocycles. The summed E-state index contributed by atoms with van der Waals surface area (Å²) in [7, 11) is 1.31. The number of benzene rings is 1. The molecule has 1 aromatic rings. The molecule has 0 aliphatic rings. The number of halogens is 2. The van der Waals surface area contributed by atoms with Gasteiger partial charge in [-0.15, -0.1) is 0 Å². The summed E-state index contributed by atoms with van der Waals surface area (Å²) in [5.74, 6) is -0.730. The van der Waals surface area contributed by atoms with E-state index in [4.69, 9.17) is 5.11 Å². The van der Waals surface area contributed by atoms with Crippen LogP contribution in [0.1, 0.15) is 18.4 Å². The zero-order valence-corrected chi connectivity index (χ0v) is 12.9. The van der Waals surface area contributed by atoms with Crippen LogP contribution < -0.4 is 0 Å². The Morgan fingerprint density at radius 1 is 1.39 bits per heavy atom. The summed E-state index contributed by atoms with van der Waals surface area (Å²) in [5, 5.41) is 8.45. The molecule has 1 rings (SSSR count). The average molecular weight is 358 g/mol. The fraction of sp³-hybridized carbons (Fsp3) is 0.364. The van der Waals surface area contributed by atoms with E-state index < -0.39 is 15.0 Å². The number of aryl methyl sites for hydroxylation is 1. The largest absolute Gasteiger partial charge is 0.481 e. The molecule has 1 aromatic carbocycles. The first kappa shape index (κ1) is 17.4. The number of carbonyl (C=O) groups is 1. The molecule has 0 aliphatic heterocycles. The highest BCUT2D eigenvalue weighted by molar-refractivity contribution is 9.10. The quantitative estimate of drug-likeness (QED) is 0.841. The molecule has 0 aliphatic carbocycles. The average Bonchev–Trinajstić information content (AvgIpc) is 2.18. The van der Waals surface area contributed by atoms with E-state index >= 15 is 0 Å². The molecule has 102 valence electrons. The van der Waals surface area contributed by atoms with Crippen LogP contribution in [0, 0.1) is 0 Å². The maximum Gasteiger partial charge on any atom is 0.303 e. The van der Waals surface area contributed by atoms with Crippen molar-refractivity contribution in [2.75, 3.05) is 6.26 Å². The van der Waals surface area contributed by atoms with Crippen molar-refractivity contribution in [3.05, 3.63) is 34.3 Å². The first-order chi connectivity index (χ1) is 8.20. The zero-order chi connectivity index (χ0) is 14.2. The van der Waals surface area contributed by atoms with Gasteiger partial charge in [0, 0.05) is 21.6 Å². The summed E-state index contributed by atoms with van der Waals surface area (Å²) in [4.78, 5) is 10.3. The molecule has 0 unspecified atom stereocenters. The van der Waals surface area contributed by atoms with Crippen LogP contribution in [0.25, 0.3) is 0 Å². The van der Waals surface area contributed by atoms with E-state index in [0.29, 0.717) is 6.42 Å². The van der Waals surface area contributed by atoms with Crippen LogP contribution in [-0.4, -0.2) is 25.7 Å². The Labute approximate surface area is 120 Å². The van der Waals surface area contributed by atoms with Crippen molar-refractivity contribution < 1.29 is 18.3 Å². The van der Waals surface area contributed by atoms with Crippen LogP contribution in [-0.2, 0) is 20.3 Å². The molecular weight excluding hydrogens is 344 g/mol. The standard InChI is InChI=1S/C10H11BrO2.CH3ClO2S/c11-9-6-2-1-4-8(9)5-3-7-10(12)13;1-5(2,3)4/h1-2,4,6H,3,5,7H2,(H,12,13);1H3. The molecule has 0 atom stereocenters. The second kappa shape index (κ2) is 8.50. The number of hydrogen-bond donors (Lipinski definition) is 1. The third kappa shape index (κ3) is 11.9. The number of rotatable bonds is 4. The molecule has 0 bridgehead atoms. The van der Waals surface area contributed by atoms with E-state index in [2.05, 4.69) is 26.6 Å². The van der Waals surface area contributed by atoms with E-state index in [9.17, 15) is 13.2 Å². The third-order valence-electron chi connectivity index (χ3n) is 1.79. The van der Waals surface area contributed by atoms with Gasteiger partial charge >= 0.3 is 5.97 Å². The Morgan fingerprint density at radius 2 is 1.89 bits per heavy atom. The van der Waals surface area contributed by atoms with E-state index in [1.165, 1.54) is 5.56 Å². The van der Waals surface area contributed by atoms with Crippen LogP contribution in [0.2, 0.25) is 0 Å². The summed E-state index contributed by atoms with van der Waals surface area (Å²) in [6.45, 7) is 0. The van der Waals surface area contributed by atoms with Gasteiger partial charge in [0.25, 0.3) is 0 Å². The van der Waals surface area contributed by atoms with Crippen molar-refractivity contribution in [3.8, 4) is 0 Å². The molecule has 7 heteroatoms. The Balaban J connectivity index is 0.000000494. The molecule has 4 nitrogen and oxygen atoms in total. The van der Waals surface area contributed by atoms with E-state index in [1.807, 2.05) is 24.3 Å². The van der Waals surface area contributed by atoms with Gasteiger partial charge < -0.3 is 5.11 Å². The van der Waals surface area contributed by atoms with Crippen molar-refractivity contribution in [3.63, 3.8) is 0 Å². The lowest BCUT2D eigenvalue weighted by molar-refractivity contribution is -0.137. The van der Waals surface area contributed by atoms with Gasteiger partial charge in [0.2, 0.25) is 9.05 Å². The maximum absolute atomic E-state index is 10.3. The molecule has 0 amide bonds. The van der Waals surface area contributed by atoms with E-state index in [1.54, 1.807) is 0 Å². The molecule has 1 N–H and O–H groups in total. The molecule has 0 aromatic heterocycles. The fourth-order valence-electron chi connectivity index (χ4n) is 1.13. The van der Waals surface area contributed by atoms with Crippen molar-refractivity contribution in [1.82, 2.24) is 0 Å². The summed E-state index contributed by atoms with van der Waals surface area (Å²) >= 11 is 3.42. The monoisotopic (exact) mass is 356 g/mol. The summed E-state index contributed by atoms with van der Waals surface area (Å²) in [6, 6.07) is 7.88. The lowest BCUT2D eigenvalue weighted by Crippen LogP contribution is -1.96. The normalized spacial score (nSPS) is 10.4. The van der Waals surface area contributed by atoms with E-state index in [-0.39, 0.29) is 6.42 Å². The number of carboxylic acids is 1. The summed E-state index contributed by atoms with van der Waals surface area (Å²) in [6.07, 6.45) is 2.67. The minimum Gasteiger partial charge on any atom is -0.481 e. The van der Waals surface area contributed by atoms with Crippen molar-refractivity contribution in [2.45, 2.75) is 19.3 Å². The van der Waals surface area contributed by atoms with Crippen LogP contribution in [0.3, 0.4) is 0 Å². The molecule has 0 fully saturated rings. The van der Waals surface area contributed by atoms with Gasteiger partial charge in [0.15, 0.2) is 0 Å². The Kier molecular flexibility index (Phi) is 8.22. The zero-order valence-electron chi connectivity index (χ0n) is 9.77. The molecule has 0 saturated heterocycles. The summed E-state index contributed by atoms with van der Waals surface area (Å²) in [5.41, 5.74) is 1.17. The summed E-state index contributed by atoms with van der Waals surface area (Å²) < 4.78 is 19.9. The van der Waals surface area contributed by atoms with Gasteiger partial charge in [-0.3, -0.25) is 4.79 Å². The lowest BCUT2D eigenvalue weighted by atomic mass is 10.1. The van der Waals surface area contributed by atoms with Gasteiger partial charge in [-0.1, -0.05) is 34.1 Å². The SMILES string of the molecule is CS(=O)(=O)Cl.O=C(O)CCCc1ccccc1Br. The second-order valence-corrected chi connectivity index (χ2v) is 7.42. The van der Waals surface area contributed by atoms with Crippen LogP contribution in [0.5, 0.6) is 0 Å². The Hall–Kier alpha value is -0.590. The molecule has 18 heavy (non-hydrogen) atoms. The van der Waals surface area contributed by atoms with Gasteiger partial charge in [0.1, 0.15) is 0 Å². The second-order valence-electron chi connectivity index (χ2n) is 3.52. The lowest BCUT2D eigenvalue weighted by Gasteiger charge is -2.01. The molecular formula is C11H14BrClO4S. The van der Waals surface area contributed by atoms with Gasteiger partial charge in [-0.05, 0) is 24.5 Å². The first-order valence-corrected chi connectivity index (χ1v) is 8.56. The molecule has 0 radical (unpaired) electrons. The Bertz CT molecular complexity index is 480. The maximum atomic E-state index is 10.3. The first-order valence-electron chi connectivity index (χ1n) is 5.05. The van der Waals surface area contributed by atoms with Crippen LogP contribution in [0.4, 0.5) is 0 Å². The molecule has 0 heterocycles. The number of carboxylic acid groups (broad SMARTS) is 1.